The maximum absolute atomic E-state index is 9.74. The summed E-state index contributed by atoms with van der Waals surface area (Å²) in [5.74, 6) is 1.05. The third-order valence-electron chi connectivity index (χ3n) is 2.86. The number of anilines is 3. The molecule has 3 rings (SSSR count). The van der Waals surface area contributed by atoms with Crippen LogP contribution in [0.15, 0.2) is 24.3 Å². The molecule has 0 fully saturated rings. The van der Waals surface area contributed by atoms with Crippen molar-refractivity contribution in [2.75, 3.05) is 11.1 Å². The van der Waals surface area contributed by atoms with Crippen LogP contribution in [0.2, 0.25) is 0 Å². The molecule has 5 N–H and O–H groups in total. The summed E-state index contributed by atoms with van der Waals surface area (Å²) in [6, 6.07) is 7.00. The van der Waals surface area contributed by atoms with E-state index in [0.29, 0.717) is 24.6 Å². The van der Waals surface area contributed by atoms with E-state index < -0.39 is 0 Å². The predicted octanol–water partition coefficient (Wildman–Crippen LogP) is 1.11. The van der Waals surface area contributed by atoms with Crippen molar-refractivity contribution in [3.8, 4) is 5.75 Å². The molecular formula is C12H13N5O. The Hall–Kier alpha value is -2.34. The zero-order valence-electron chi connectivity index (χ0n) is 9.64. The second-order valence-corrected chi connectivity index (χ2v) is 4.10. The van der Waals surface area contributed by atoms with Gasteiger partial charge in [-0.15, -0.1) is 0 Å². The number of aromatic nitrogens is 2. The number of fused-ring (bicyclic) bond motifs is 1. The van der Waals surface area contributed by atoms with Gasteiger partial charge in [0.05, 0.1) is 11.4 Å². The highest BCUT2D eigenvalue weighted by atomic mass is 16.3. The number of phenols is 1. The third-order valence-corrected chi connectivity index (χ3v) is 2.86. The van der Waals surface area contributed by atoms with Crippen LogP contribution >= 0.6 is 0 Å². The Bertz CT molecular complexity index is 599. The Labute approximate surface area is 104 Å². The van der Waals surface area contributed by atoms with E-state index in [1.165, 1.54) is 0 Å². The molecule has 0 spiro atoms. The quantitative estimate of drug-likeness (QED) is 0.590. The molecule has 1 aliphatic heterocycles. The molecule has 2 heterocycles. The van der Waals surface area contributed by atoms with Gasteiger partial charge in [0.25, 0.3) is 0 Å². The van der Waals surface area contributed by atoms with Crippen LogP contribution < -0.4 is 16.4 Å². The molecule has 1 aromatic carbocycles. The van der Waals surface area contributed by atoms with Crippen LogP contribution in [0.25, 0.3) is 0 Å². The highest BCUT2D eigenvalue weighted by Crippen LogP contribution is 2.29. The Morgan fingerprint density at radius 2 is 2.06 bits per heavy atom. The number of nitrogens with two attached hydrogens (primary N) is 1. The lowest BCUT2D eigenvalue weighted by Gasteiger charge is -2.11. The van der Waals surface area contributed by atoms with Crippen LogP contribution in [0, 0.1) is 0 Å². The van der Waals surface area contributed by atoms with Crippen molar-refractivity contribution in [1.82, 2.24) is 15.3 Å². The van der Waals surface area contributed by atoms with E-state index in [4.69, 9.17) is 5.73 Å². The van der Waals surface area contributed by atoms with Gasteiger partial charge in [-0.25, -0.2) is 4.98 Å². The first-order valence-electron chi connectivity index (χ1n) is 5.65. The third kappa shape index (κ3) is 1.82. The average Bonchev–Trinajstić information content (AvgIpc) is 2.80. The molecule has 0 unspecified atom stereocenters. The zero-order chi connectivity index (χ0) is 12.5. The van der Waals surface area contributed by atoms with E-state index in [2.05, 4.69) is 20.6 Å². The van der Waals surface area contributed by atoms with Crippen LogP contribution in [0.4, 0.5) is 17.5 Å². The highest BCUT2D eigenvalue weighted by Gasteiger charge is 2.18. The molecule has 0 aliphatic carbocycles. The molecule has 1 aromatic heterocycles. The first kappa shape index (κ1) is 10.8. The molecule has 6 heteroatoms. The van der Waals surface area contributed by atoms with Crippen molar-refractivity contribution >= 4 is 17.5 Å². The van der Waals surface area contributed by atoms with Crippen molar-refractivity contribution in [3.63, 3.8) is 0 Å². The largest absolute Gasteiger partial charge is 0.506 e. The van der Waals surface area contributed by atoms with Crippen molar-refractivity contribution in [1.29, 1.82) is 0 Å². The maximum atomic E-state index is 9.74. The van der Waals surface area contributed by atoms with Gasteiger partial charge < -0.3 is 21.5 Å². The highest BCUT2D eigenvalue weighted by molar-refractivity contribution is 5.67. The van der Waals surface area contributed by atoms with Gasteiger partial charge in [0.2, 0.25) is 5.95 Å². The molecule has 0 saturated carbocycles. The molecular weight excluding hydrogens is 230 g/mol. The van der Waals surface area contributed by atoms with Gasteiger partial charge in [0.1, 0.15) is 11.6 Å². The minimum Gasteiger partial charge on any atom is -0.506 e. The van der Waals surface area contributed by atoms with Gasteiger partial charge in [0.15, 0.2) is 0 Å². The number of nitrogens with zero attached hydrogens (tertiary/aromatic N) is 2. The van der Waals surface area contributed by atoms with Gasteiger partial charge in [-0.3, -0.25) is 0 Å². The van der Waals surface area contributed by atoms with Crippen LogP contribution in [0.1, 0.15) is 11.3 Å². The van der Waals surface area contributed by atoms with Crippen LogP contribution in [0.5, 0.6) is 5.75 Å². The average molecular weight is 243 g/mol. The van der Waals surface area contributed by atoms with Gasteiger partial charge in [0, 0.05) is 18.7 Å². The van der Waals surface area contributed by atoms with Crippen molar-refractivity contribution in [3.05, 3.63) is 35.5 Å². The molecule has 0 saturated heterocycles. The number of aromatic hydroxyl groups is 1. The predicted molar refractivity (Wildman–Crippen MR) is 68.4 cm³/mol. The molecule has 0 bridgehead atoms. The summed E-state index contributed by atoms with van der Waals surface area (Å²) in [6.07, 6.45) is 0. The fraction of sp³-hybridized carbons (Fsp3) is 0.167. The summed E-state index contributed by atoms with van der Waals surface area (Å²) in [5.41, 5.74) is 8.17. The number of para-hydroxylation sites is 2. The second-order valence-electron chi connectivity index (χ2n) is 4.10. The van der Waals surface area contributed by atoms with E-state index in [-0.39, 0.29) is 11.7 Å². The maximum Gasteiger partial charge on any atom is 0.222 e. The Kier molecular flexibility index (Phi) is 2.49. The van der Waals surface area contributed by atoms with Crippen LogP contribution in [-0.4, -0.2) is 15.1 Å². The topological polar surface area (TPSA) is 96.1 Å². The summed E-state index contributed by atoms with van der Waals surface area (Å²) in [7, 11) is 0. The van der Waals surface area contributed by atoms with Crippen molar-refractivity contribution in [2.45, 2.75) is 13.1 Å². The number of nitrogen functional groups attached to an aromatic ring is 1. The van der Waals surface area contributed by atoms with Crippen LogP contribution in [0.3, 0.4) is 0 Å². The van der Waals surface area contributed by atoms with E-state index >= 15 is 0 Å². The molecule has 0 radical (unpaired) electrons. The van der Waals surface area contributed by atoms with Crippen LogP contribution in [-0.2, 0) is 13.1 Å². The molecule has 6 nitrogen and oxygen atoms in total. The summed E-state index contributed by atoms with van der Waals surface area (Å²) < 4.78 is 0. The summed E-state index contributed by atoms with van der Waals surface area (Å²) >= 11 is 0. The standard InChI is InChI=1S/C12H13N5O/c13-12-16-9-6-14-5-7(9)11(17-12)15-8-3-1-2-4-10(8)18/h1-4,14,18H,5-6H2,(H3,13,15,16,17). The number of benzene rings is 1. The first-order chi connectivity index (χ1) is 8.74. The van der Waals surface area contributed by atoms with Crippen molar-refractivity contribution < 1.29 is 5.11 Å². The second kappa shape index (κ2) is 4.15. The number of phenolic OH excluding ortho intramolecular Hbond substituents is 1. The number of hydrogen-bond acceptors (Lipinski definition) is 6. The fourth-order valence-electron chi connectivity index (χ4n) is 2.00. The Morgan fingerprint density at radius 1 is 1.22 bits per heavy atom. The molecule has 92 valence electrons. The Morgan fingerprint density at radius 3 is 2.89 bits per heavy atom. The van der Waals surface area contributed by atoms with E-state index in [1.807, 2.05) is 6.07 Å². The Balaban J connectivity index is 2.01. The van der Waals surface area contributed by atoms with E-state index in [0.717, 1.165) is 11.3 Å². The molecule has 2 aromatic rings. The van der Waals surface area contributed by atoms with Crippen molar-refractivity contribution in [2.24, 2.45) is 0 Å². The smallest absolute Gasteiger partial charge is 0.222 e. The van der Waals surface area contributed by atoms with Gasteiger partial charge in [-0.05, 0) is 12.1 Å². The minimum absolute atomic E-state index is 0.175. The van der Waals surface area contributed by atoms with Gasteiger partial charge >= 0.3 is 0 Å². The number of nitrogens with one attached hydrogen (secondary N) is 2. The normalized spacial score (nSPS) is 13.3. The fourth-order valence-corrected chi connectivity index (χ4v) is 2.00. The summed E-state index contributed by atoms with van der Waals surface area (Å²) in [4.78, 5) is 8.37. The van der Waals surface area contributed by atoms with E-state index in [1.54, 1.807) is 18.2 Å². The number of rotatable bonds is 2. The lowest BCUT2D eigenvalue weighted by Crippen LogP contribution is -2.05. The zero-order valence-corrected chi connectivity index (χ0v) is 9.64. The van der Waals surface area contributed by atoms with E-state index in [9.17, 15) is 5.11 Å². The first-order valence-corrected chi connectivity index (χ1v) is 5.65. The lowest BCUT2D eigenvalue weighted by atomic mass is 10.2. The SMILES string of the molecule is Nc1nc2c(c(Nc3ccccc3O)n1)CNC2. The molecule has 18 heavy (non-hydrogen) atoms. The van der Waals surface area contributed by atoms with Gasteiger partial charge in [-0.1, -0.05) is 12.1 Å². The molecule has 0 amide bonds. The number of hydrogen-bond donors (Lipinski definition) is 4. The molecule has 0 atom stereocenters. The summed E-state index contributed by atoms with van der Waals surface area (Å²) in [5, 5.41) is 16.0. The lowest BCUT2D eigenvalue weighted by molar-refractivity contribution is 0.477. The monoisotopic (exact) mass is 243 g/mol. The minimum atomic E-state index is 0.175. The summed E-state index contributed by atoms with van der Waals surface area (Å²) in [6.45, 7) is 1.39. The molecule has 1 aliphatic rings. The van der Waals surface area contributed by atoms with Gasteiger partial charge in [-0.2, -0.15) is 4.98 Å².